The molecular weight excluding hydrogens is 366 g/mol. The quantitative estimate of drug-likeness (QED) is 0.600. The van der Waals surface area contributed by atoms with E-state index in [1.807, 2.05) is 12.1 Å². The highest BCUT2D eigenvalue weighted by atomic mass is 35.5. The molecule has 6 heteroatoms. The summed E-state index contributed by atoms with van der Waals surface area (Å²) in [4.78, 5) is 25.6. The fourth-order valence-electron chi connectivity index (χ4n) is 3.10. The van der Waals surface area contributed by atoms with Gasteiger partial charge in [0.15, 0.2) is 5.60 Å². The minimum atomic E-state index is -1.17. The third-order valence-corrected chi connectivity index (χ3v) is 4.66. The van der Waals surface area contributed by atoms with Crippen LogP contribution in [0.5, 0.6) is 5.75 Å². The molecule has 0 amide bonds. The van der Waals surface area contributed by atoms with Crippen LogP contribution in [0.2, 0.25) is 5.02 Å². The first-order valence-electron chi connectivity index (χ1n) is 8.44. The monoisotopic (exact) mass is 385 g/mol. The fourth-order valence-corrected chi connectivity index (χ4v) is 3.23. The van der Waals surface area contributed by atoms with Crippen LogP contribution in [0.3, 0.4) is 0 Å². The first-order valence-corrected chi connectivity index (χ1v) is 8.82. The normalized spacial score (nSPS) is 11.4. The van der Waals surface area contributed by atoms with Gasteiger partial charge in [0.25, 0.3) is 5.91 Å². The molecule has 0 saturated heterocycles. The number of carbonyl (C=O) groups excluding carboxylic acids is 2. The van der Waals surface area contributed by atoms with Gasteiger partial charge >= 0.3 is 5.97 Å². The lowest BCUT2D eigenvalue weighted by atomic mass is 10.1. The van der Waals surface area contributed by atoms with Gasteiger partial charge in [-0.2, -0.15) is 0 Å². The minimum Gasteiger partial charge on any atom is -0.478 e. The van der Waals surface area contributed by atoms with E-state index in [-0.39, 0.29) is 5.91 Å². The van der Waals surface area contributed by atoms with Crippen LogP contribution >= 0.6 is 11.6 Å². The van der Waals surface area contributed by atoms with E-state index in [1.54, 1.807) is 57.2 Å². The number of halogens is 1. The average molecular weight is 386 g/mol. The van der Waals surface area contributed by atoms with Crippen LogP contribution in [0.15, 0.2) is 48.5 Å². The van der Waals surface area contributed by atoms with Gasteiger partial charge in [0.05, 0.1) is 18.2 Å². The van der Waals surface area contributed by atoms with Crippen molar-refractivity contribution < 1.29 is 19.1 Å². The maximum absolute atomic E-state index is 13.4. The zero-order chi connectivity index (χ0) is 19.8. The number of methoxy groups -OCH3 is 1. The molecular formula is C21H20ClNO4. The molecule has 0 spiro atoms. The van der Waals surface area contributed by atoms with Crippen LogP contribution < -0.4 is 4.74 Å². The smallest absolute Gasteiger partial charge is 0.340 e. The largest absolute Gasteiger partial charge is 0.478 e. The van der Waals surface area contributed by atoms with Gasteiger partial charge in [0.2, 0.25) is 0 Å². The first-order chi connectivity index (χ1) is 12.8. The molecule has 0 unspecified atom stereocenters. The predicted octanol–water partition coefficient (Wildman–Crippen LogP) is 4.89. The van der Waals surface area contributed by atoms with Gasteiger partial charge < -0.3 is 9.47 Å². The highest BCUT2D eigenvalue weighted by Gasteiger charge is 2.35. The van der Waals surface area contributed by atoms with Crippen molar-refractivity contribution in [2.75, 3.05) is 7.11 Å². The van der Waals surface area contributed by atoms with Gasteiger partial charge in [-0.1, -0.05) is 29.8 Å². The second-order valence-electron chi connectivity index (χ2n) is 6.68. The number of ether oxygens (including phenoxy) is 2. The maximum atomic E-state index is 13.4. The van der Waals surface area contributed by atoms with Crippen molar-refractivity contribution in [2.45, 2.75) is 26.4 Å². The van der Waals surface area contributed by atoms with Gasteiger partial charge in [-0.25, -0.2) is 4.79 Å². The van der Waals surface area contributed by atoms with Crippen LogP contribution in [-0.4, -0.2) is 29.2 Å². The molecule has 27 heavy (non-hydrogen) atoms. The highest BCUT2D eigenvalue weighted by molar-refractivity contribution is 6.30. The van der Waals surface area contributed by atoms with Gasteiger partial charge in [0.1, 0.15) is 5.75 Å². The lowest BCUT2D eigenvalue weighted by Crippen LogP contribution is -2.42. The van der Waals surface area contributed by atoms with E-state index >= 15 is 0 Å². The van der Waals surface area contributed by atoms with Crippen molar-refractivity contribution in [1.82, 2.24) is 4.57 Å². The second-order valence-corrected chi connectivity index (χ2v) is 7.11. The molecule has 140 valence electrons. The summed E-state index contributed by atoms with van der Waals surface area (Å²) in [5, 5.41) is 1.25. The van der Waals surface area contributed by atoms with Crippen LogP contribution in [-0.2, 0) is 4.74 Å². The number of hydrogen-bond acceptors (Lipinski definition) is 4. The number of hydrogen-bond donors (Lipinski definition) is 0. The van der Waals surface area contributed by atoms with E-state index in [0.29, 0.717) is 32.9 Å². The zero-order valence-electron chi connectivity index (χ0n) is 15.6. The molecule has 5 nitrogen and oxygen atoms in total. The van der Waals surface area contributed by atoms with Crippen LogP contribution in [0, 0.1) is 6.92 Å². The highest BCUT2D eigenvalue weighted by Crippen LogP contribution is 2.29. The van der Waals surface area contributed by atoms with E-state index in [2.05, 4.69) is 0 Å². The molecule has 0 aliphatic heterocycles. The summed E-state index contributed by atoms with van der Waals surface area (Å²) >= 11 is 5.90. The average Bonchev–Trinajstić information content (AvgIpc) is 2.94. The van der Waals surface area contributed by atoms with Crippen molar-refractivity contribution in [1.29, 1.82) is 0 Å². The molecule has 0 radical (unpaired) electrons. The molecule has 3 aromatic rings. The molecule has 0 saturated carbocycles. The second kappa shape index (κ2) is 7.08. The van der Waals surface area contributed by atoms with E-state index in [0.717, 1.165) is 0 Å². The Morgan fingerprint density at radius 2 is 1.67 bits per heavy atom. The number of rotatable bonds is 4. The molecule has 1 heterocycles. The Balaban J connectivity index is 2.08. The Morgan fingerprint density at radius 1 is 1.04 bits per heavy atom. The Labute approximate surface area is 162 Å². The van der Waals surface area contributed by atoms with Crippen LogP contribution in [0.1, 0.15) is 34.7 Å². The lowest BCUT2D eigenvalue weighted by Gasteiger charge is -2.26. The number of nitrogens with zero attached hydrogens (tertiary/aromatic N) is 1. The Bertz CT molecular complexity index is 1020. The Morgan fingerprint density at radius 3 is 2.30 bits per heavy atom. The summed E-state index contributed by atoms with van der Waals surface area (Å²) < 4.78 is 12.3. The number of benzene rings is 2. The first kappa shape index (κ1) is 19.0. The third-order valence-electron chi connectivity index (χ3n) is 4.41. The van der Waals surface area contributed by atoms with Gasteiger partial charge in [-0.3, -0.25) is 9.36 Å². The van der Waals surface area contributed by atoms with E-state index in [4.69, 9.17) is 21.1 Å². The van der Waals surface area contributed by atoms with Crippen LogP contribution in [0.25, 0.3) is 10.9 Å². The van der Waals surface area contributed by atoms with E-state index < -0.39 is 11.6 Å². The Hall–Kier alpha value is -2.79. The molecule has 1 aromatic heterocycles. The summed E-state index contributed by atoms with van der Waals surface area (Å²) in [5.74, 6) is -0.243. The van der Waals surface area contributed by atoms with Gasteiger partial charge in [0, 0.05) is 16.1 Å². The standard InChI is InChI=1S/C21H20ClNO4/c1-13-18(19(24)26-4)16-7-5-6-8-17(16)23(13)20(25)21(2,3)27-15-11-9-14(22)10-12-15/h5-12H,1-4H3. The number of carbonyl (C=O) groups is 2. The van der Waals surface area contributed by atoms with Gasteiger partial charge in [-0.05, 0) is 51.1 Å². The van der Waals surface area contributed by atoms with E-state index in [1.165, 1.54) is 11.7 Å². The van der Waals surface area contributed by atoms with Crippen molar-refractivity contribution in [3.8, 4) is 5.75 Å². The SMILES string of the molecule is COC(=O)c1c(C)n(C(=O)C(C)(C)Oc2ccc(Cl)cc2)c2ccccc12. The van der Waals surface area contributed by atoms with Crippen molar-refractivity contribution in [3.05, 3.63) is 64.8 Å². The minimum absolute atomic E-state index is 0.290. The van der Waals surface area contributed by atoms with Crippen molar-refractivity contribution >= 4 is 34.4 Å². The number of aromatic nitrogens is 1. The summed E-state index contributed by atoms with van der Waals surface area (Å²) in [7, 11) is 1.32. The van der Waals surface area contributed by atoms with Crippen LogP contribution in [0.4, 0.5) is 0 Å². The molecule has 0 atom stereocenters. The third kappa shape index (κ3) is 3.43. The predicted molar refractivity (Wildman–Crippen MR) is 105 cm³/mol. The molecule has 3 rings (SSSR count). The fraction of sp³-hybridized carbons (Fsp3) is 0.238. The van der Waals surface area contributed by atoms with Crippen molar-refractivity contribution in [3.63, 3.8) is 0 Å². The van der Waals surface area contributed by atoms with Crippen molar-refractivity contribution in [2.24, 2.45) is 0 Å². The topological polar surface area (TPSA) is 57.5 Å². The summed E-state index contributed by atoms with van der Waals surface area (Å²) in [6.07, 6.45) is 0. The summed E-state index contributed by atoms with van der Waals surface area (Å²) in [5.41, 5.74) is 0.353. The zero-order valence-corrected chi connectivity index (χ0v) is 16.3. The molecule has 0 bridgehead atoms. The van der Waals surface area contributed by atoms with E-state index in [9.17, 15) is 9.59 Å². The molecule has 2 aromatic carbocycles. The maximum Gasteiger partial charge on any atom is 0.340 e. The molecule has 0 aliphatic carbocycles. The summed E-state index contributed by atoms with van der Waals surface area (Å²) in [6.45, 7) is 5.11. The summed E-state index contributed by atoms with van der Waals surface area (Å²) in [6, 6.07) is 14.0. The lowest BCUT2D eigenvalue weighted by molar-refractivity contribution is 0.0490. The van der Waals surface area contributed by atoms with Gasteiger partial charge in [-0.15, -0.1) is 0 Å². The molecule has 0 N–H and O–H groups in total. The molecule has 0 aliphatic rings. The number of para-hydroxylation sites is 1. The number of esters is 1. The molecule has 0 fully saturated rings. The Kier molecular flexibility index (Phi) is 4.98. The number of fused-ring (bicyclic) bond motifs is 1.